The number of hydrogen-bond acceptors (Lipinski definition) is 7. The zero-order valence-corrected chi connectivity index (χ0v) is 20.3. The number of nitrogens with zero attached hydrogens (tertiary/aromatic N) is 4. The Morgan fingerprint density at radius 3 is 2.42 bits per heavy atom. The smallest absolute Gasteiger partial charge is 0.262 e. The van der Waals surface area contributed by atoms with Gasteiger partial charge in [-0.25, -0.2) is 18.4 Å². The maximum atomic E-state index is 12.8. The van der Waals surface area contributed by atoms with Gasteiger partial charge in [-0.1, -0.05) is 0 Å². The van der Waals surface area contributed by atoms with E-state index in [-0.39, 0.29) is 16.9 Å². The summed E-state index contributed by atoms with van der Waals surface area (Å²) >= 11 is 3.14. The van der Waals surface area contributed by atoms with Crippen LogP contribution >= 0.6 is 22.7 Å². The normalized spacial score (nSPS) is 16.0. The molecule has 11 heteroatoms. The van der Waals surface area contributed by atoms with Crippen LogP contribution in [0.1, 0.15) is 28.4 Å². The molecule has 8 nitrogen and oxygen atoms in total. The van der Waals surface area contributed by atoms with Crippen LogP contribution < -0.4 is 5.32 Å². The summed E-state index contributed by atoms with van der Waals surface area (Å²) in [5.41, 5.74) is 0.907. The standard InChI is InChI=1S/C20H25N5O3S3/c1-12-5-6-16(29-12)18-13(2)30-20(22-18)23-19(26)15-7-9-25(10-8-15)31(27,28)17-11-24(4)14(3)21-17/h5-6,11,15H,7-10H2,1-4H3,(H,22,23,26). The molecule has 1 aliphatic rings. The molecule has 1 saturated heterocycles. The molecule has 3 aromatic heterocycles. The van der Waals surface area contributed by atoms with Crippen LogP contribution in [0.2, 0.25) is 0 Å². The van der Waals surface area contributed by atoms with E-state index < -0.39 is 10.0 Å². The van der Waals surface area contributed by atoms with Crippen molar-refractivity contribution >= 4 is 43.7 Å². The van der Waals surface area contributed by atoms with Crippen molar-refractivity contribution in [1.29, 1.82) is 0 Å². The Labute approximate surface area is 190 Å². The highest BCUT2D eigenvalue weighted by Gasteiger charge is 2.34. The maximum absolute atomic E-state index is 12.8. The predicted octanol–water partition coefficient (Wildman–Crippen LogP) is 3.57. The van der Waals surface area contributed by atoms with Crippen molar-refractivity contribution in [1.82, 2.24) is 18.8 Å². The van der Waals surface area contributed by atoms with Gasteiger partial charge in [-0.2, -0.15) is 4.31 Å². The molecule has 4 rings (SSSR count). The van der Waals surface area contributed by atoms with E-state index in [0.29, 0.717) is 36.9 Å². The minimum atomic E-state index is -3.64. The molecule has 0 spiro atoms. The topological polar surface area (TPSA) is 97.2 Å². The molecule has 0 aliphatic carbocycles. The Kier molecular flexibility index (Phi) is 6.03. The van der Waals surface area contributed by atoms with Gasteiger partial charge in [-0.05, 0) is 45.7 Å². The number of imidazole rings is 1. The molecule has 1 fully saturated rings. The molecule has 4 heterocycles. The summed E-state index contributed by atoms with van der Waals surface area (Å²) in [7, 11) is -1.87. The maximum Gasteiger partial charge on any atom is 0.262 e. The lowest BCUT2D eigenvalue weighted by Gasteiger charge is -2.29. The summed E-state index contributed by atoms with van der Waals surface area (Å²) in [6.45, 7) is 6.42. The van der Waals surface area contributed by atoms with Crippen molar-refractivity contribution in [3.63, 3.8) is 0 Å². The van der Waals surface area contributed by atoms with E-state index in [0.717, 1.165) is 15.4 Å². The number of aryl methyl sites for hydroxylation is 4. The average molecular weight is 480 g/mol. The van der Waals surface area contributed by atoms with Gasteiger partial charge in [0.25, 0.3) is 10.0 Å². The Morgan fingerprint density at radius 2 is 1.84 bits per heavy atom. The second kappa shape index (κ2) is 8.45. The molecular formula is C20H25N5O3S3. The zero-order valence-electron chi connectivity index (χ0n) is 17.9. The minimum absolute atomic E-state index is 0.0602. The number of carbonyl (C=O) groups is 1. The Morgan fingerprint density at radius 1 is 1.13 bits per heavy atom. The molecule has 1 N–H and O–H groups in total. The Hall–Kier alpha value is -2.08. The van der Waals surface area contributed by atoms with E-state index in [9.17, 15) is 13.2 Å². The first kappa shape index (κ1) is 22.1. The average Bonchev–Trinajstić information content (AvgIpc) is 3.41. The minimum Gasteiger partial charge on any atom is -0.337 e. The number of amides is 1. The van der Waals surface area contributed by atoms with Crippen molar-refractivity contribution in [2.75, 3.05) is 18.4 Å². The van der Waals surface area contributed by atoms with Crippen LogP contribution in [-0.2, 0) is 21.9 Å². The first-order valence-corrected chi connectivity index (χ1v) is 13.1. The van der Waals surface area contributed by atoms with Crippen molar-refractivity contribution in [2.45, 2.75) is 38.6 Å². The van der Waals surface area contributed by atoms with Crippen molar-refractivity contribution in [3.05, 3.63) is 33.9 Å². The summed E-state index contributed by atoms with van der Waals surface area (Å²) in [6.07, 6.45) is 2.47. The van der Waals surface area contributed by atoms with E-state index in [4.69, 9.17) is 0 Å². The number of thiazole rings is 1. The number of carbonyl (C=O) groups excluding carboxylic acids is 1. The lowest BCUT2D eigenvalue weighted by Crippen LogP contribution is -2.41. The number of hydrogen-bond donors (Lipinski definition) is 1. The van der Waals surface area contributed by atoms with E-state index in [1.54, 1.807) is 29.9 Å². The number of rotatable bonds is 5. The molecule has 0 bridgehead atoms. The molecule has 0 aromatic carbocycles. The molecule has 31 heavy (non-hydrogen) atoms. The number of nitrogens with one attached hydrogen (secondary N) is 1. The summed E-state index contributed by atoms with van der Waals surface area (Å²) in [5.74, 6) is 0.297. The summed E-state index contributed by atoms with van der Waals surface area (Å²) in [6, 6.07) is 4.11. The van der Waals surface area contributed by atoms with Crippen LogP contribution in [0.4, 0.5) is 5.13 Å². The summed E-state index contributed by atoms with van der Waals surface area (Å²) in [5, 5.41) is 3.58. The predicted molar refractivity (Wildman–Crippen MR) is 123 cm³/mol. The van der Waals surface area contributed by atoms with Gasteiger partial charge in [0, 0.05) is 42.0 Å². The van der Waals surface area contributed by atoms with E-state index in [1.165, 1.54) is 26.7 Å². The third-order valence-electron chi connectivity index (χ3n) is 5.52. The van der Waals surface area contributed by atoms with Crippen molar-refractivity contribution in [2.24, 2.45) is 13.0 Å². The molecule has 0 saturated carbocycles. The Bertz CT molecular complexity index is 1200. The fourth-order valence-electron chi connectivity index (χ4n) is 3.59. The lowest BCUT2D eigenvalue weighted by molar-refractivity contribution is -0.120. The van der Waals surface area contributed by atoms with E-state index in [1.807, 2.05) is 13.0 Å². The number of sulfonamides is 1. The van der Waals surface area contributed by atoms with Crippen LogP contribution in [0.15, 0.2) is 23.4 Å². The number of thiophene rings is 1. The third kappa shape index (κ3) is 4.45. The van der Waals surface area contributed by atoms with Gasteiger partial charge in [0.05, 0.1) is 10.6 Å². The first-order valence-electron chi connectivity index (χ1n) is 10.0. The van der Waals surface area contributed by atoms with Gasteiger partial charge >= 0.3 is 0 Å². The highest BCUT2D eigenvalue weighted by Crippen LogP contribution is 2.35. The van der Waals surface area contributed by atoms with Crippen LogP contribution in [0.5, 0.6) is 0 Å². The molecular weight excluding hydrogens is 454 g/mol. The number of anilines is 1. The first-order chi connectivity index (χ1) is 14.6. The second-order valence-corrected chi connectivity index (χ2v) is 12.1. The zero-order chi connectivity index (χ0) is 22.3. The van der Waals surface area contributed by atoms with Gasteiger partial charge in [0.2, 0.25) is 5.91 Å². The fraction of sp³-hybridized carbons (Fsp3) is 0.450. The Balaban J connectivity index is 1.39. The molecule has 166 valence electrons. The highest BCUT2D eigenvalue weighted by atomic mass is 32.2. The van der Waals surface area contributed by atoms with Crippen molar-refractivity contribution < 1.29 is 13.2 Å². The number of piperidine rings is 1. The SMILES string of the molecule is Cc1ccc(-c2nc(NC(=O)C3CCN(S(=O)(=O)c4cn(C)c(C)n4)CC3)sc2C)s1. The number of aromatic nitrogens is 3. The van der Waals surface area contributed by atoms with Crippen LogP contribution in [0, 0.1) is 26.7 Å². The molecule has 1 amide bonds. The molecule has 1 aliphatic heterocycles. The van der Waals surface area contributed by atoms with Gasteiger partial charge in [0.1, 0.15) is 5.82 Å². The quantitative estimate of drug-likeness (QED) is 0.603. The van der Waals surface area contributed by atoms with Gasteiger partial charge in [-0.3, -0.25) is 4.79 Å². The second-order valence-electron chi connectivity index (χ2n) is 7.74. The van der Waals surface area contributed by atoms with E-state index in [2.05, 4.69) is 28.3 Å². The largest absolute Gasteiger partial charge is 0.337 e. The van der Waals surface area contributed by atoms with E-state index >= 15 is 0 Å². The molecule has 0 unspecified atom stereocenters. The third-order valence-corrected chi connectivity index (χ3v) is 9.18. The molecule has 0 radical (unpaired) electrons. The van der Waals surface area contributed by atoms with Crippen LogP contribution in [0.3, 0.4) is 0 Å². The van der Waals surface area contributed by atoms with Crippen LogP contribution in [-0.4, -0.2) is 46.3 Å². The lowest BCUT2D eigenvalue weighted by atomic mass is 9.97. The van der Waals surface area contributed by atoms with Crippen LogP contribution in [0.25, 0.3) is 10.6 Å². The van der Waals surface area contributed by atoms with Crippen molar-refractivity contribution in [3.8, 4) is 10.6 Å². The highest BCUT2D eigenvalue weighted by molar-refractivity contribution is 7.89. The van der Waals surface area contributed by atoms with Gasteiger partial charge < -0.3 is 9.88 Å². The summed E-state index contributed by atoms with van der Waals surface area (Å²) < 4.78 is 28.8. The summed E-state index contributed by atoms with van der Waals surface area (Å²) in [4.78, 5) is 24.9. The monoisotopic (exact) mass is 479 g/mol. The molecule has 3 aromatic rings. The fourth-order valence-corrected chi connectivity index (χ4v) is 6.89. The van der Waals surface area contributed by atoms with Gasteiger partial charge in [0.15, 0.2) is 10.2 Å². The molecule has 0 atom stereocenters. The van der Waals surface area contributed by atoms with Gasteiger partial charge in [-0.15, -0.1) is 22.7 Å².